The molecule has 1 saturated carbocycles. The molecule has 1 heterocycles. The SMILES string of the molecule is Cc1cc(-c2cc(-c3cccc(C(=O)NC4CCCC4)c3)nc(=O)[nH]2)ccc1O. The number of aromatic amines is 1. The normalized spacial score (nSPS) is 14.1. The number of carbonyl (C=O) groups is 1. The molecule has 0 unspecified atom stereocenters. The Kier molecular flexibility index (Phi) is 5.16. The molecular weight excluding hydrogens is 366 g/mol. The lowest BCUT2D eigenvalue weighted by atomic mass is 10.0. The smallest absolute Gasteiger partial charge is 0.345 e. The Balaban J connectivity index is 1.66. The highest BCUT2D eigenvalue weighted by atomic mass is 16.3. The van der Waals surface area contributed by atoms with Crippen LogP contribution in [0, 0.1) is 6.92 Å². The van der Waals surface area contributed by atoms with Gasteiger partial charge in [0.05, 0.1) is 11.4 Å². The summed E-state index contributed by atoms with van der Waals surface area (Å²) in [6.45, 7) is 1.80. The molecule has 0 saturated heterocycles. The maximum Gasteiger partial charge on any atom is 0.345 e. The van der Waals surface area contributed by atoms with E-state index in [9.17, 15) is 14.7 Å². The molecule has 29 heavy (non-hydrogen) atoms. The third-order valence-electron chi connectivity index (χ3n) is 5.36. The number of phenolic OH excluding ortho intramolecular Hbond substituents is 1. The molecule has 3 N–H and O–H groups in total. The van der Waals surface area contributed by atoms with Gasteiger partial charge < -0.3 is 15.4 Å². The third kappa shape index (κ3) is 4.21. The van der Waals surface area contributed by atoms with E-state index in [4.69, 9.17) is 0 Å². The average Bonchev–Trinajstić information content (AvgIpc) is 3.22. The minimum absolute atomic E-state index is 0.0991. The second kappa shape index (κ2) is 7.91. The van der Waals surface area contributed by atoms with Crippen LogP contribution in [0.1, 0.15) is 41.6 Å². The van der Waals surface area contributed by atoms with Crippen molar-refractivity contribution in [2.45, 2.75) is 38.6 Å². The summed E-state index contributed by atoms with van der Waals surface area (Å²) in [4.78, 5) is 31.6. The number of amides is 1. The highest BCUT2D eigenvalue weighted by molar-refractivity contribution is 5.95. The van der Waals surface area contributed by atoms with Gasteiger partial charge in [0.2, 0.25) is 0 Å². The Bertz CT molecular complexity index is 1110. The summed E-state index contributed by atoms with van der Waals surface area (Å²) in [5, 5.41) is 12.8. The molecule has 2 aromatic carbocycles. The van der Waals surface area contributed by atoms with Gasteiger partial charge in [0, 0.05) is 17.2 Å². The maximum atomic E-state index is 12.6. The first kappa shape index (κ1) is 18.9. The fourth-order valence-corrected chi connectivity index (χ4v) is 3.74. The van der Waals surface area contributed by atoms with Crippen molar-refractivity contribution in [3.8, 4) is 28.3 Å². The number of H-pyrrole nitrogens is 1. The van der Waals surface area contributed by atoms with Gasteiger partial charge >= 0.3 is 5.69 Å². The van der Waals surface area contributed by atoms with Crippen molar-refractivity contribution in [3.63, 3.8) is 0 Å². The number of hydrogen-bond donors (Lipinski definition) is 3. The molecule has 1 aliphatic rings. The average molecular weight is 389 g/mol. The van der Waals surface area contributed by atoms with Crippen LogP contribution >= 0.6 is 0 Å². The summed E-state index contributed by atoms with van der Waals surface area (Å²) in [6.07, 6.45) is 4.36. The molecule has 6 nitrogen and oxygen atoms in total. The largest absolute Gasteiger partial charge is 0.508 e. The van der Waals surface area contributed by atoms with Crippen molar-refractivity contribution < 1.29 is 9.90 Å². The summed E-state index contributed by atoms with van der Waals surface area (Å²) in [7, 11) is 0. The van der Waals surface area contributed by atoms with Crippen LogP contribution in [0.15, 0.2) is 53.3 Å². The lowest BCUT2D eigenvalue weighted by molar-refractivity contribution is 0.0938. The Morgan fingerprint density at radius 2 is 1.90 bits per heavy atom. The number of nitrogens with one attached hydrogen (secondary N) is 2. The first-order chi connectivity index (χ1) is 14.0. The van der Waals surface area contributed by atoms with Gasteiger partial charge in [-0.15, -0.1) is 0 Å². The van der Waals surface area contributed by atoms with Gasteiger partial charge in [0.1, 0.15) is 5.75 Å². The molecule has 0 aliphatic heterocycles. The molecular formula is C23H23N3O3. The van der Waals surface area contributed by atoms with Gasteiger partial charge in [0.25, 0.3) is 5.91 Å². The van der Waals surface area contributed by atoms with Gasteiger partial charge in [-0.2, -0.15) is 4.98 Å². The van der Waals surface area contributed by atoms with E-state index in [0.717, 1.165) is 31.2 Å². The summed E-state index contributed by atoms with van der Waals surface area (Å²) in [5.74, 6) is 0.101. The number of benzene rings is 2. The van der Waals surface area contributed by atoms with Crippen LogP contribution in [0.25, 0.3) is 22.5 Å². The van der Waals surface area contributed by atoms with E-state index in [1.807, 2.05) is 6.07 Å². The van der Waals surface area contributed by atoms with Crippen molar-refractivity contribution in [3.05, 3.63) is 70.1 Å². The van der Waals surface area contributed by atoms with Gasteiger partial charge in [-0.1, -0.05) is 25.0 Å². The van der Waals surface area contributed by atoms with E-state index in [1.165, 1.54) is 0 Å². The maximum absolute atomic E-state index is 12.6. The first-order valence-corrected chi connectivity index (χ1v) is 9.82. The molecule has 0 spiro atoms. The van der Waals surface area contributed by atoms with E-state index >= 15 is 0 Å². The second-order valence-electron chi connectivity index (χ2n) is 7.52. The number of nitrogens with zero attached hydrogens (tertiary/aromatic N) is 1. The zero-order chi connectivity index (χ0) is 20.4. The van der Waals surface area contributed by atoms with E-state index < -0.39 is 5.69 Å². The van der Waals surface area contributed by atoms with Gasteiger partial charge in [0.15, 0.2) is 0 Å². The van der Waals surface area contributed by atoms with Crippen LogP contribution in [0.4, 0.5) is 0 Å². The number of rotatable bonds is 4. The molecule has 1 fully saturated rings. The number of aryl methyl sites for hydroxylation is 1. The minimum Gasteiger partial charge on any atom is -0.508 e. The summed E-state index contributed by atoms with van der Waals surface area (Å²) in [6, 6.07) is 14.3. The molecule has 148 valence electrons. The van der Waals surface area contributed by atoms with E-state index in [-0.39, 0.29) is 17.7 Å². The van der Waals surface area contributed by atoms with Crippen LogP contribution < -0.4 is 11.0 Å². The second-order valence-corrected chi connectivity index (χ2v) is 7.52. The standard InChI is InChI=1S/C23H23N3O3/c1-14-11-16(9-10-21(14)27)20-13-19(25-23(29)26-20)15-5-4-6-17(12-15)22(28)24-18-7-2-3-8-18/h4-6,9-13,18,27H,2-3,7-8H2,1H3,(H,24,28)(H,25,26,29). The highest BCUT2D eigenvalue weighted by Crippen LogP contribution is 2.26. The monoisotopic (exact) mass is 389 g/mol. The molecule has 6 heteroatoms. The number of aromatic nitrogens is 2. The molecule has 1 aromatic heterocycles. The highest BCUT2D eigenvalue weighted by Gasteiger charge is 2.18. The van der Waals surface area contributed by atoms with Crippen molar-refractivity contribution in [1.82, 2.24) is 15.3 Å². The third-order valence-corrected chi connectivity index (χ3v) is 5.36. The predicted octanol–water partition coefficient (Wildman–Crippen LogP) is 3.79. The van der Waals surface area contributed by atoms with Crippen molar-refractivity contribution in [2.24, 2.45) is 0 Å². The number of phenols is 1. The molecule has 3 aromatic rings. The Hall–Kier alpha value is -3.41. The van der Waals surface area contributed by atoms with Crippen LogP contribution in [0.2, 0.25) is 0 Å². The van der Waals surface area contributed by atoms with Crippen molar-refractivity contribution in [2.75, 3.05) is 0 Å². The van der Waals surface area contributed by atoms with Crippen LogP contribution in [0.5, 0.6) is 5.75 Å². The Morgan fingerprint density at radius 3 is 2.66 bits per heavy atom. The van der Waals surface area contributed by atoms with Crippen LogP contribution in [-0.4, -0.2) is 27.0 Å². The lowest BCUT2D eigenvalue weighted by Crippen LogP contribution is -2.32. The number of hydrogen-bond acceptors (Lipinski definition) is 4. The fourth-order valence-electron chi connectivity index (χ4n) is 3.74. The van der Waals surface area contributed by atoms with Crippen LogP contribution in [0.3, 0.4) is 0 Å². The van der Waals surface area contributed by atoms with E-state index in [1.54, 1.807) is 49.4 Å². The molecule has 1 amide bonds. The van der Waals surface area contributed by atoms with Crippen LogP contribution in [-0.2, 0) is 0 Å². The van der Waals surface area contributed by atoms with E-state index in [0.29, 0.717) is 28.1 Å². The molecule has 0 radical (unpaired) electrons. The number of aromatic hydroxyl groups is 1. The quantitative estimate of drug-likeness (QED) is 0.633. The van der Waals surface area contributed by atoms with Crippen molar-refractivity contribution >= 4 is 5.91 Å². The topological polar surface area (TPSA) is 95.1 Å². The van der Waals surface area contributed by atoms with Gasteiger partial charge in [-0.25, -0.2) is 4.79 Å². The lowest BCUT2D eigenvalue weighted by Gasteiger charge is -2.12. The molecule has 4 rings (SSSR count). The molecule has 1 aliphatic carbocycles. The first-order valence-electron chi connectivity index (χ1n) is 9.82. The zero-order valence-electron chi connectivity index (χ0n) is 16.2. The molecule has 0 bridgehead atoms. The van der Waals surface area contributed by atoms with Crippen molar-refractivity contribution in [1.29, 1.82) is 0 Å². The summed E-state index contributed by atoms with van der Waals surface area (Å²) < 4.78 is 0. The Labute approximate surface area is 168 Å². The minimum atomic E-state index is -0.468. The summed E-state index contributed by atoms with van der Waals surface area (Å²) >= 11 is 0. The zero-order valence-corrected chi connectivity index (χ0v) is 16.2. The predicted molar refractivity (Wildman–Crippen MR) is 112 cm³/mol. The fraction of sp³-hybridized carbons (Fsp3) is 0.261. The number of carbonyl (C=O) groups excluding carboxylic acids is 1. The summed E-state index contributed by atoms with van der Waals surface area (Å²) in [5.41, 5.74) is 3.37. The van der Waals surface area contributed by atoms with Gasteiger partial charge in [-0.05, 0) is 67.3 Å². The Morgan fingerprint density at radius 1 is 1.10 bits per heavy atom. The van der Waals surface area contributed by atoms with Gasteiger partial charge in [-0.3, -0.25) is 4.79 Å². The molecule has 0 atom stereocenters. The van der Waals surface area contributed by atoms with E-state index in [2.05, 4.69) is 15.3 Å².